The van der Waals surface area contributed by atoms with Gasteiger partial charge in [0.15, 0.2) is 0 Å². The predicted molar refractivity (Wildman–Crippen MR) is 139 cm³/mol. The Morgan fingerprint density at radius 1 is 1.18 bits per heavy atom. The van der Waals surface area contributed by atoms with Crippen LogP contribution in [-0.4, -0.2) is 60.9 Å². The van der Waals surface area contributed by atoms with Crippen molar-refractivity contribution >= 4 is 11.8 Å². The minimum absolute atomic E-state index is 0.149. The van der Waals surface area contributed by atoms with Crippen molar-refractivity contribution in [2.24, 2.45) is 5.92 Å². The second-order valence-corrected chi connectivity index (χ2v) is 9.48. The van der Waals surface area contributed by atoms with Gasteiger partial charge in [0.05, 0.1) is 24.5 Å². The van der Waals surface area contributed by atoms with Gasteiger partial charge < -0.3 is 24.4 Å². The molecule has 210 valence electrons. The summed E-state index contributed by atoms with van der Waals surface area (Å²) in [4.78, 5) is 15.2. The molecule has 0 spiro atoms. The van der Waals surface area contributed by atoms with Crippen LogP contribution in [0, 0.1) is 12.8 Å². The molecule has 12 heteroatoms. The molecule has 1 saturated heterocycles. The van der Waals surface area contributed by atoms with Crippen LogP contribution in [-0.2, 0) is 17.9 Å². The first-order valence-corrected chi connectivity index (χ1v) is 12.5. The Bertz CT molecular complexity index is 1270. The quantitative estimate of drug-likeness (QED) is 0.376. The number of nitrogens with zero attached hydrogens (tertiary/aromatic N) is 3. The molecule has 1 fully saturated rings. The number of para-hydroxylation sites is 1. The van der Waals surface area contributed by atoms with Gasteiger partial charge in [-0.1, -0.05) is 24.3 Å². The maximum absolute atomic E-state index is 12.9. The van der Waals surface area contributed by atoms with Crippen LogP contribution in [0.4, 0.5) is 23.8 Å². The molecule has 1 atom stereocenters. The molecule has 0 aliphatic carbocycles. The van der Waals surface area contributed by atoms with Crippen molar-refractivity contribution in [3.63, 3.8) is 0 Å². The average Bonchev–Trinajstić information content (AvgIpc) is 3.45. The highest BCUT2D eigenvalue weighted by Gasteiger charge is 2.32. The molecule has 1 unspecified atom stereocenters. The average molecular weight is 548 g/mol. The molecule has 1 aromatic heterocycles. The van der Waals surface area contributed by atoms with Gasteiger partial charge in [-0.15, -0.1) is 18.3 Å². The minimum Gasteiger partial charge on any atom is -0.476 e. The molecule has 2 amide bonds. The second kappa shape index (κ2) is 12.4. The summed E-state index contributed by atoms with van der Waals surface area (Å²) < 4.78 is 55.6. The van der Waals surface area contributed by atoms with Crippen molar-refractivity contribution in [3.8, 4) is 17.3 Å². The van der Waals surface area contributed by atoms with Crippen molar-refractivity contribution < 1.29 is 32.2 Å². The zero-order chi connectivity index (χ0) is 28.0. The molecule has 0 bridgehead atoms. The van der Waals surface area contributed by atoms with Gasteiger partial charge in [-0.3, -0.25) is 5.32 Å². The lowest BCUT2D eigenvalue weighted by molar-refractivity contribution is -0.274. The lowest BCUT2D eigenvalue weighted by Crippen LogP contribution is -2.30. The summed E-state index contributed by atoms with van der Waals surface area (Å²) in [5.74, 6) is 0.772. The number of carbonyl (C=O) groups is 1. The fourth-order valence-corrected chi connectivity index (χ4v) is 4.45. The molecule has 1 aliphatic heterocycles. The zero-order valence-corrected chi connectivity index (χ0v) is 22.0. The van der Waals surface area contributed by atoms with Crippen LogP contribution in [0.1, 0.15) is 23.1 Å². The molecular weight excluding hydrogens is 515 g/mol. The van der Waals surface area contributed by atoms with Crippen molar-refractivity contribution in [1.29, 1.82) is 0 Å². The van der Waals surface area contributed by atoms with Crippen LogP contribution in [0.2, 0.25) is 0 Å². The first kappa shape index (κ1) is 28.2. The van der Waals surface area contributed by atoms with Gasteiger partial charge in [-0.2, -0.15) is 0 Å². The molecule has 3 aromatic rings. The number of alkyl halides is 3. The minimum atomic E-state index is -4.87. The number of halogens is 3. The summed E-state index contributed by atoms with van der Waals surface area (Å²) >= 11 is 0. The number of urea groups is 1. The van der Waals surface area contributed by atoms with E-state index in [1.165, 1.54) is 25.3 Å². The largest absolute Gasteiger partial charge is 0.573 e. The first-order chi connectivity index (χ1) is 18.6. The molecule has 4 rings (SSSR count). The van der Waals surface area contributed by atoms with E-state index in [9.17, 15) is 18.0 Å². The van der Waals surface area contributed by atoms with Gasteiger partial charge in [-0.05, 0) is 56.8 Å². The van der Waals surface area contributed by atoms with E-state index in [1.54, 1.807) is 11.6 Å². The summed E-state index contributed by atoms with van der Waals surface area (Å²) in [6, 6.07) is 12.8. The lowest BCUT2D eigenvalue weighted by atomic mass is 10.1. The van der Waals surface area contributed by atoms with Gasteiger partial charge in [0.25, 0.3) is 0 Å². The van der Waals surface area contributed by atoms with E-state index in [1.807, 2.05) is 30.3 Å². The number of hydrogen-bond acceptors (Lipinski definition) is 6. The summed E-state index contributed by atoms with van der Waals surface area (Å²) in [6.07, 6.45) is -3.84. The number of likely N-dealkylation sites (tertiary alicyclic amines) is 1. The van der Waals surface area contributed by atoms with Gasteiger partial charge >= 0.3 is 12.4 Å². The van der Waals surface area contributed by atoms with Crippen LogP contribution >= 0.6 is 0 Å². The van der Waals surface area contributed by atoms with E-state index in [0.29, 0.717) is 41.0 Å². The Morgan fingerprint density at radius 2 is 1.95 bits per heavy atom. The first-order valence-electron chi connectivity index (χ1n) is 12.5. The van der Waals surface area contributed by atoms with Gasteiger partial charge in [0.1, 0.15) is 11.6 Å². The maximum Gasteiger partial charge on any atom is 0.573 e. The Labute approximate surface area is 224 Å². The molecule has 0 saturated carbocycles. The number of hydrogen-bond donors (Lipinski definition) is 2. The highest BCUT2D eigenvalue weighted by atomic mass is 19.4. The molecule has 9 nitrogen and oxygen atoms in total. The topological polar surface area (TPSA) is 89.9 Å². The molecule has 1 aliphatic rings. The Hall–Kier alpha value is -3.77. The number of benzene rings is 2. The van der Waals surface area contributed by atoms with Gasteiger partial charge in [-0.25, -0.2) is 9.48 Å². The lowest BCUT2D eigenvalue weighted by Gasteiger charge is -2.16. The Morgan fingerprint density at radius 3 is 2.62 bits per heavy atom. The molecule has 2 heterocycles. The summed E-state index contributed by atoms with van der Waals surface area (Å²) in [5.41, 5.74) is 2.12. The van der Waals surface area contributed by atoms with E-state index < -0.39 is 18.1 Å². The van der Waals surface area contributed by atoms with Gasteiger partial charge in [0.2, 0.25) is 5.88 Å². The number of carbonyl (C=O) groups excluding carboxylic acids is 1. The van der Waals surface area contributed by atoms with Crippen LogP contribution in [0.3, 0.4) is 0 Å². The van der Waals surface area contributed by atoms with E-state index in [2.05, 4.69) is 32.4 Å². The van der Waals surface area contributed by atoms with Gasteiger partial charge in [0, 0.05) is 31.7 Å². The highest BCUT2D eigenvalue weighted by Crippen LogP contribution is 2.30. The number of methoxy groups -OCH3 is 1. The van der Waals surface area contributed by atoms with Crippen LogP contribution in [0.25, 0.3) is 5.69 Å². The zero-order valence-electron chi connectivity index (χ0n) is 22.0. The van der Waals surface area contributed by atoms with E-state index in [0.717, 1.165) is 19.5 Å². The molecular formula is C27H32F3N5O4. The predicted octanol–water partition coefficient (Wildman–Crippen LogP) is 4.88. The van der Waals surface area contributed by atoms with Crippen molar-refractivity contribution in [2.75, 3.05) is 39.2 Å². The van der Waals surface area contributed by atoms with E-state index in [-0.39, 0.29) is 18.7 Å². The Kier molecular flexibility index (Phi) is 8.97. The molecule has 0 radical (unpaired) electrons. The molecule has 39 heavy (non-hydrogen) atoms. The van der Waals surface area contributed by atoms with Crippen LogP contribution < -0.4 is 20.1 Å². The summed E-state index contributed by atoms with van der Waals surface area (Å²) in [5, 5.41) is 10.00. The number of aromatic nitrogens is 2. The summed E-state index contributed by atoms with van der Waals surface area (Å²) in [7, 11) is 3.55. The van der Waals surface area contributed by atoms with Crippen molar-refractivity contribution in [3.05, 3.63) is 65.2 Å². The Balaban J connectivity index is 1.51. The smallest absolute Gasteiger partial charge is 0.476 e. The number of amides is 2. The normalized spacial score (nSPS) is 15.8. The monoisotopic (exact) mass is 547 g/mol. The highest BCUT2D eigenvalue weighted by molar-refractivity contribution is 5.89. The van der Waals surface area contributed by atoms with Crippen LogP contribution in [0.15, 0.2) is 48.5 Å². The number of ether oxygens (including phenoxy) is 3. The molecule has 2 N–H and O–H groups in total. The third-order valence-corrected chi connectivity index (χ3v) is 6.36. The van der Waals surface area contributed by atoms with Crippen molar-refractivity contribution in [2.45, 2.75) is 32.9 Å². The standard InChI is InChI=1S/C27H32F3N5O4/c1-18-24(32-26(36)31-14-21-13-19(16-37-3)9-10-23(21)39-27(28,29)30)35(22-7-5-4-6-8-22)33-25(18)38-17-20-11-12-34(2)15-20/h4-10,13,20H,11-12,14-17H2,1-3H3,(H2,31,32,36). The second-order valence-electron chi connectivity index (χ2n) is 9.48. The number of nitrogens with one attached hydrogen (secondary N) is 2. The van der Waals surface area contributed by atoms with E-state index in [4.69, 9.17) is 9.47 Å². The third kappa shape index (κ3) is 7.64. The fourth-order valence-electron chi connectivity index (χ4n) is 4.45. The number of anilines is 1. The fraction of sp³-hybridized carbons (Fsp3) is 0.407. The maximum atomic E-state index is 12.9. The summed E-state index contributed by atoms with van der Waals surface area (Å²) in [6.45, 7) is 4.23. The van der Waals surface area contributed by atoms with Crippen molar-refractivity contribution in [1.82, 2.24) is 20.0 Å². The third-order valence-electron chi connectivity index (χ3n) is 6.36. The van der Waals surface area contributed by atoms with Crippen LogP contribution in [0.5, 0.6) is 11.6 Å². The number of rotatable bonds is 10. The SMILES string of the molecule is COCc1ccc(OC(F)(F)F)c(CNC(=O)Nc2c(C)c(OCC3CCN(C)C3)nn2-c2ccccc2)c1. The molecule has 2 aromatic carbocycles. The van der Waals surface area contributed by atoms with E-state index >= 15 is 0 Å².